The fraction of sp³-hybridized carbons (Fsp3) is 0.478. The van der Waals surface area contributed by atoms with Gasteiger partial charge < -0.3 is 9.80 Å². The van der Waals surface area contributed by atoms with E-state index in [0.29, 0.717) is 17.3 Å². The molecule has 2 fully saturated rings. The minimum atomic E-state index is -0.297. The van der Waals surface area contributed by atoms with Crippen LogP contribution in [0.1, 0.15) is 32.1 Å². The molecule has 0 atom stereocenters. The van der Waals surface area contributed by atoms with Crippen LogP contribution in [0.4, 0.5) is 0 Å². The molecule has 4 heterocycles. The maximum Gasteiger partial charge on any atom is 0.293 e. The van der Waals surface area contributed by atoms with E-state index in [4.69, 9.17) is 0 Å². The Hall–Kier alpha value is -3.00. The van der Waals surface area contributed by atoms with Crippen molar-refractivity contribution in [2.45, 2.75) is 44.7 Å². The van der Waals surface area contributed by atoms with E-state index < -0.39 is 0 Å². The summed E-state index contributed by atoms with van der Waals surface area (Å²) in [7, 11) is 0. The number of hydrogen-bond acceptors (Lipinski definition) is 5. The van der Waals surface area contributed by atoms with Crippen LogP contribution in [0.5, 0.6) is 0 Å². The van der Waals surface area contributed by atoms with Gasteiger partial charge in [-0.3, -0.25) is 9.59 Å². The maximum absolute atomic E-state index is 12.9. The lowest BCUT2D eigenvalue weighted by atomic mass is 10.00. The van der Waals surface area contributed by atoms with E-state index >= 15 is 0 Å². The van der Waals surface area contributed by atoms with E-state index in [1.165, 1.54) is 47.9 Å². The van der Waals surface area contributed by atoms with Crippen LogP contribution in [0.25, 0.3) is 16.8 Å². The number of likely N-dealkylation sites (tertiary alicyclic amines) is 2. The predicted molar refractivity (Wildman–Crippen MR) is 118 cm³/mol. The Labute approximate surface area is 181 Å². The van der Waals surface area contributed by atoms with E-state index in [0.717, 1.165) is 31.5 Å². The molecule has 2 aliphatic rings. The average molecular weight is 421 g/mol. The highest BCUT2D eigenvalue weighted by atomic mass is 16.2. The van der Waals surface area contributed by atoms with Crippen LogP contribution in [-0.4, -0.2) is 67.3 Å². The van der Waals surface area contributed by atoms with Gasteiger partial charge in [-0.05, 0) is 44.8 Å². The van der Waals surface area contributed by atoms with Gasteiger partial charge in [0.1, 0.15) is 18.4 Å². The number of piperidine rings is 2. The lowest BCUT2D eigenvalue weighted by molar-refractivity contribution is -0.133. The number of amides is 1. The number of fused-ring (bicyclic) bond motifs is 1. The summed E-state index contributed by atoms with van der Waals surface area (Å²) in [6.07, 6.45) is 7.43. The highest BCUT2D eigenvalue weighted by Crippen LogP contribution is 2.21. The molecule has 5 rings (SSSR count). The Kier molecular flexibility index (Phi) is 5.55. The molecule has 1 aromatic carbocycles. The van der Waals surface area contributed by atoms with Crippen LogP contribution < -0.4 is 5.56 Å². The second kappa shape index (κ2) is 8.63. The van der Waals surface area contributed by atoms with Crippen LogP contribution >= 0.6 is 0 Å². The minimum Gasteiger partial charge on any atom is -0.341 e. The average Bonchev–Trinajstić information content (AvgIpc) is 3.27. The fourth-order valence-electron chi connectivity index (χ4n) is 4.79. The first-order valence-corrected chi connectivity index (χ1v) is 11.2. The molecule has 0 aliphatic carbocycles. The van der Waals surface area contributed by atoms with Crippen molar-refractivity contribution in [2.24, 2.45) is 0 Å². The maximum atomic E-state index is 12.9. The fourth-order valence-corrected chi connectivity index (χ4v) is 4.79. The van der Waals surface area contributed by atoms with Crippen molar-refractivity contribution >= 4 is 11.4 Å². The number of hydrogen-bond donors (Lipinski definition) is 0. The first-order chi connectivity index (χ1) is 15.2. The number of aromatic nitrogens is 4. The van der Waals surface area contributed by atoms with Crippen molar-refractivity contribution in [3.8, 4) is 11.3 Å². The van der Waals surface area contributed by atoms with Gasteiger partial charge in [-0.15, -0.1) is 0 Å². The van der Waals surface area contributed by atoms with Crippen LogP contribution in [-0.2, 0) is 11.3 Å². The highest BCUT2D eigenvalue weighted by Gasteiger charge is 2.28. The van der Waals surface area contributed by atoms with Gasteiger partial charge in [0.05, 0.1) is 5.69 Å². The standard InChI is InChI=1S/C23H28N6O2/c30-22(27-13-9-19(10-14-27)26-11-5-2-6-12-26)16-28-23(31)21-15-20(25-29(21)17-24-28)18-7-3-1-4-8-18/h1,3-4,7-8,15,17,19H,2,5-6,9-14,16H2. The van der Waals surface area contributed by atoms with E-state index in [1.807, 2.05) is 35.2 Å². The quantitative estimate of drug-likeness (QED) is 0.646. The van der Waals surface area contributed by atoms with E-state index in [-0.39, 0.29) is 18.0 Å². The van der Waals surface area contributed by atoms with Crippen LogP contribution in [0.3, 0.4) is 0 Å². The van der Waals surface area contributed by atoms with Gasteiger partial charge >= 0.3 is 0 Å². The molecule has 2 aromatic heterocycles. The molecule has 31 heavy (non-hydrogen) atoms. The van der Waals surface area contributed by atoms with Gasteiger partial charge in [-0.25, -0.2) is 9.20 Å². The summed E-state index contributed by atoms with van der Waals surface area (Å²) < 4.78 is 2.74. The topological polar surface area (TPSA) is 75.7 Å². The van der Waals surface area contributed by atoms with E-state index in [9.17, 15) is 9.59 Å². The number of benzene rings is 1. The van der Waals surface area contributed by atoms with Gasteiger partial charge in [0.2, 0.25) is 5.91 Å². The zero-order valence-corrected chi connectivity index (χ0v) is 17.7. The molecule has 0 N–H and O–H groups in total. The second-order valence-electron chi connectivity index (χ2n) is 8.53. The van der Waals surface area contributed by atoms with Crippen molar-refractivity contribution in [3.05, 3.63) is 53.1 Å². The molecule has 162 valence electrons. The third kappa shape index (κ3) is 4.12. The third-order valence-corrected chi connectivity index (χ3v) is 6.57. The predicted octanol–water partition coefficient (Wildman–Crippen LogP) is 2.03. The summed E-state index contributed by atoms with van der Waals surface area (Å²) >= 11 is 0. The van der Waals surface area contributed by atoms with Gasteiger partial charge in [0, 0.05) is 24.7 Å². The molecule has 3 aromatic rings. The molecule has 2 saturated heterocycles. The Morgan fingerprint density at radius 3 is 2.48 bits per heavy atom. The molecule has 2 aliphatic heterocycles. The molecule has 0 spiro atoms. The Bertz CT molecular complexity index is 1110. The molecule has 0 bridgehead atoms. The summed E-state index contributed by atoms with van der Waals surface area (Å²) in [6.45, 7) is 3.85. The number of carbonyl (C=O) groups excluding carboxylic acids is 1. The van der Waals surface area contributed by atoms with Crippen LogP contribution in [0, 0.1) is 0 Å². The number of carbonyl (C=O) groups is 1. The number of rotatable bonds is 4. The zero-order valence-electron chi connectivity index (χ0n) is 17.7. The Balaban J connectivity index is 1.26. The van der Waals surface area contributed by atoms with Gasteiger partial charge in [-0.1, -0.05) is 36.8 Å². The van der Waals surface area contributed by atoms with E-state index in [1.54, 1.807) is 6.07 Å². The van der Waals surface area contributed by atoms with Gasteiger partial charge in [0.25, 0.3) is 5.56 Å². The molecule has 8 heteroatoms. The third-order valence-electron chi connectivity index (χ3n) is 6.57. The molecule has 8 nitrogen and oxygen atoms in total. The Morgan fingerprint density at radius 1 is 1.00 bits per heavy atom. The molecule has 1 amide bonds. The first kappa shape index (κ1) is 19.9. The summed E-state index contributed by atoms with van der Waals surface area (Å²) in [6, 6.07) is 12.0. The molecule has 0 radical (unpaired) electrons. The van der Waals surface area contributed by atoms with Crippen LogP contribution in [0.2, 0.25) is 0 Å². The summed E-state index contributed by atoms with van der Waals surface area (Å²) in [5, 5.41) is 8.63. The van der Waals surface area contributed by atoms with E-state index in [2.05, 4.69) is 15.1 Å². The van der Waals surface area contributed by atoms with Crippen LogP contribution in [0.15, 0.2) is 47.5 Å². The van der Waals surface area contributed by atoms with Gasteiger partial charge in [0.15, 0.2) is 0 Å². The monoisotopic (exact) mass is 420 g/mol. The lowest BCUT2D eigenvalue weighted by Gasteiger charge is -2.40. The minimum absolute atomic E-state index is 0.0322. The van der Waals surface area contributed by atoms with Crippen molar-refractivity contribution in [1.29, 1.82) is 0 Å². The Morgan fingerprint density at radius 2 is 1.74 bits per heavy atom. The van der Waals surface area contributed by atoms with Crippen molar-refractivity contribution in [2.75, 3.05) is 26.2 Å². The first-order valence-electron chi connectivity index (χ1n) is 11.2. The summed E-state index contributed by atoms with van der Waals surface area (Å²) in [5.41, 5.74) is 1.77. The molecular formula is C23H28N6O2. The molecule has 0 saturated carbocycles. The molecule has 0 unspecified atom stereocenters. The van der Waals surface area contributed by atoms with Crippen molar-refractivity contribution in [3.63, 3.8) is 0 Å². The van der Waals surface area contributed by atoms with Crippen molar-refractivity contribution in [1.82, 2.24) is 29.2 Å². The smallest absolute Gasteiger partial charge is 0.293 e. The summed E-state index contributed by atoms with van der Waals surface area (Å²) in [4.78, 5) is 30.2. The van der Waals surface area contributed by atoms with Gasteiger partial charge in [-0.2, -0.15) is 10.2 Å². The lowest BCUT2D eigenvalue weighted by Crippen LogP contribution is -2.49. The number of nitrogens with zero attached hydrogens (tertiary/aromatic N) is 6. The SMILES string of the molecule is O=C(Cn1ncn2nc(-c3ccccc3)cc2c1=O)N1CCC(N2CCCCC2)CC1. The molecular weight excluding hydrogens is 392 g/mol. The normalized spacial score (nSPS) is 18.5. The van der Waals surface area contributed by atoms with Crippen molar-refractivity contribution < 1.29 is 4.79 Å². The second-order valence-corrected chi connectivity index (χ2v) is 8.53. The highest BCUT2D eigenvalue weighted by molar-refractivity contribution is 5.76. The zero-order chi connectivity index (χ0) is 21.2. The summed E-state index contributed by atoms with van der Waals surface area (Å²) in [5.74, 6) is -0.0427. The largest absolute Gasteiger partial charge is 0.341 e.